The van der Waals surface area contributed by atoms with Crippen molar-refractivity contribution in [2.45, 2.75) is 26.0 Å². The molecule has 2 N–H and O–H groups in total. The Balaban J connectivity index is 0.00000196. The second-order valence-electron chi connectivity index (χ2n) is 3.62. The molecule has 0 saturated carbocycles. The minimum absolute atomic E-state index is 0. The van der Waals surface area contributed by atoms with Gasteiger partial charge >= 0.3 is 6.61 Å². The van der Waals surface area contributed by atoms with Crippen LogP contribution in [0.3, 0.4) is 0 Å². The molecule has 1 rings (SSSR count). The maximum absolute atomic E-state index is 11.8. The van der Waals surface area contributed by atoms with Crippen molar-refractivity contribution in [1.82, 2.24) is 0 Å². The fourth-order valence-corrected chi connectivity index (χ4v) is 1.07. The largest absolute Gasteiger partial charge is 0.435 e. The van der Waals surface area contributed by atoms with Crippen molar-refractivity contribution in [3.05, 3.63) is 29.8 Å². The van der Waals surface area contributed by atoms with Crippen molar-refractivity contribution in [2.75, 3.05) is 0 Å². The fraction of sp³-hybridized carbons (Fsp3) is 0.400. The van der Waals surface area contributed by atoms with Crippen molar-refractivity contribution >= 4 is 12.4 Å². The van der Waals surface area contributed by atoms with Crippen LogP contribution in [-0.4, -0.2) is 6.61 Å². The molecule has 0 saturated heterocycles. The lowest BCUT2D eigenvalue weighted by Gasteiger charge is -2.19. The third-order valence-corrected chi connectivity index (χ3v) is 1.82. The Morgan fingerprint density at radius 2 is 1.67 bits per heavy atom. The molecule has 0 spiro atoms. The average molecular weight is 238 g/mol. The van der Waals surface area contributed by atoms with Gasteiger partial charge < -0.3 is 10.5 Å². The van der Waals surface area contributed by atoms with Gasteiger partial charge in [-0.15, -0.1) is 12.4 Å². The number of benzene rings is 1. The Hall–Kier alpha value is -0.870. The van der Waals surface area contributed by atoms with E-state index in [1.165, 1.54) is 12.1 Å². The van der Waals surface area contributed by atoms with Crippen LogP contribution in [0.4, 0.5) is 8.78 Å². The number of alkyl halides is 2. The highest BCUT2D eigenvalue weighted by Gasteiger charge is 2.13. The van der Waals surface area contributed by atoms with Crippen molar-refractivity contribution in [3.63, 3.8) is 0 Å². The van der Waals surface area contributed by atoms with E-state index in [0.29, 0.717) is 0 Å². The molecule has 1 aromatic rings. The van der Waals surface area contributed by atoms with Gasteiger partial charge in [0.25, 0.3) is 0 Å². The first-order valence-electron chi connectivity index (χ1n) is 4.24. The molecule has 0 unspecified atom stereocenters. The monoisotopic (exact) mass is 237 g/mol. The predicted molar refractivity (Wildman–Crippen MR) is 57.5 cm³/mol. The lowest BCUT2D eigenvalue weighted by Crippen LogP contribution is -2.28. The molecule has 0 heterocycles. The Bertz CT molecular complexity index is 295. The fourth-order valence-electron chi connectivity index (χ4n) is 1.07. The molecule has 0 atom stereocenters. The van der Waals surface area contributed by atoms with Gasteiger partial charge in [0, 0.05) is 5.54 Å². The van der Waals surface area contributed by atoms with Crippen LogP contribution in [0.25, 0.3) is 0 Å². The number of nitrogens with two attached hydrogens (primary N) is 1. The van der Waals surface area contributed by atoms with Gasteiger partial charge in [0.05, 0.1) is 0 Å². The zero-order valence-electron chi connectivity index (χ0n) is 8.54. The molecular weight excluding hydrogens is 224 g/mol. The highest BCUT2D eigenvalue weighted by Crippen LogP contribution is 2.21. The summed E-state index contributed by atoms with van der Waals surface area (Å²) in [6.45, 7) is 0.901. The molecule has 0 radical (unpaired) electrons. The average Bonchev–Trinajstić information content (AvgIpc) is 2.02. The molecule has 0 aliphatic rings. The molecule has 0 aliphatic heterocycles. The van der Waals surface area contributed by atoms with E-state index < -0.39 is 12.2 Å². The summed E-state index contributed by atoms with van der Waals surface area (Å²) in [4.78, 5) is 0. The summed E-state index contributed by atoms with van der Waals surface area (Å²) in [5.41, 5.74) is 6.22. The summed E-state index contributed by atoms with van der Waals surface area (Å²) in [6.07, 6.45) is 0. The molecule has 0 aliphatic carbocycles. The van der Waals surface area contributed by atoms with Gasteiger partial charge in [0.1, 0.15) is 5.75 Å². The quantitative estimate of drug-likeness (QED) is 0.877. The van der Waals surface area contributed by atoms with Gasteiger partial charge in [-0.05, 0) is 31.5 Å². The Morgan fingerprint density at radius 3 is 2.00 bits per heavy atom. The van der Waals surface area contributed by atoms with Gasteiger partial charge in [0.15, 0.2) is 0 Å². The van der Waals surface area contributed by atoms with E-state index in [1.54, 1.807) is 12.1 Å². The number of ether oxygens (including phenoxy) is 1. The minimum atomic E-state index is -2.79. The molecular formula is C10H14ClF2NO. The predicted octanol–water partition coefficient (Wildman–Crippen LogP) is 2.90. The maximum atomic E-state index is 11.8. The van der Waals surface area contributed by atoms with Crippen molar-refractivity contribution in [1.29, 1.82) is 0 Å². The second kappa shape index (κ2) is 5.28. The molecule has 1 aromatic carbocycles. The summed E-state index contributed by atoms with van der Waals surface area (Å²) in [6, 6.07) is 6.32. The lowest BCUT2D eigenvalue weighted by molar-refractivity contribution is -0.0498. The molecule has 0 bridgehead atoms. The second-order valence-corrected chi connectivity index (χ2v) is 3.62. The lowest BCUT2D eigenvalue weighted by atomic mass is 9.96. The standard InChI is InChI=1S/C10H13F2NO.ClH/c1-10(2,13)7-3-5-8(6-4-7)14-9(11)12;/h3-6,9H,13H2,1-2H3;1H. The topological polar surface area (TPSA) is 35.2 Å². The maximum Gasteiger partial charge on any atom is 0.387 e. The van der Waals surface area contributed by atoms with E-state index >= 15 is 0 Å². The van der Waals surface area contributed by atoms with Crippen molar-refractivity contribution in [2.24, 2.45) is 5.73 Å². The van der Waals surface area contributed by atoms with Crippen LogP contribution in [0.5, 0.6) is 5.75 Å². The van der Waals surface area contributed by atoms with Crippen LogP contribution in [0.2, 0.25) is 0 Å². The molecule has 2 nitrogen and oxygen atoms in total. The third kappa shape index (κ3) is 4.44. The van der Waals surface area contributed by atoms with Gasteiger partial charge in [-0.1, -0.05) is 12.1 Å². The van der Waals surface area contributed by atoms with Crippen LogP contribution in [0.1, 0.15) is 19.4 Å². The van der Waals surface area contributed by atoms with Crippen LogP contribution in [0, 0.1) is 0 Å². The number of rotatable bonds is 3. The van der Waals surface area contributed by atoms with E-state index in [-0.39, 0.29) is 18.2 Å². The summed E-state index contributed by atoms with van der Waals surface area (Å²) in [7, 11) is 0. The van der Waals surface area contributed by atoms with Gasteiger partial charge in [-0.2, -0.15) is 8.78 Å². The Morgan fingerprint density at radius 1 is 1.20 bits per heavy atom. The number of halogens is 3. The Kier molecular flexibility index (Phi) is 4.97. The zero-order valence-corrected chi connectivity index (χ0v) is 9.35. The third-order valence-electron chi connectivity index (χ3n) is 1.82. The van der Waals surface area contributed by atoms with E-state index in [1.807, 2.05) is 13.8 Å². The van der Waals surface area contributed by atoms with E-state index in [2.05, 4.69) is 4.74 Å². The first kappa shape index (κ1) is 14.1. The van der Waals surface area contributed by atoms with E-state index in [0.717, 1.165) is 5.56 Å². The summed E-state index contributed by atoms with van der Waals surface area (Å²) < 4.78 is 27.8. The van der Waals surface area contributed by atoms with Gasteiger partial charge in [-0.25, -0.2) is 0 Å². The Labute approximate surface area is 93.8 Å². The van der Waals surface area contributed by atoms with Crippen LogP contribution < -0.4 is 10.5 Å². The molecule has 5 heteroatoms. The molecule has 0 fully saturated rings. The summed E-state index contributed by atoms with van der Waals surface area (Å²) >= 11 is 0. The molecule has 86 valence electrons. The molecule has 15 heavy (non-hydrogen) atoms. The van der Waals surface area contributed by atoms with Crippen LogP contribution >= 0.6 is 12.4 Å². The number of hydrogen-bond acceptors (Lipinski definition) is 2. The van der Waals surface area contributed by atoms with Gasteiger partial charge in [0.2, 0.25) is 0 Å². The van der Waals surface area contributed by atoms with Crippen LogP contribution in [0.15, 0.2) is 24.3 Å². The molecule has 0 aromatic heterocycles. The summed E-state index contributed by atoms with van der Waals surface area (Å²) in [5.74, 6) is 0.146. The summed E-state index contributed by atoms with van der Waals surface area (Å²) in [5, 5.41) is 0. The first-order chi connectivity index (χ1) is 6.39. The highest BCUT2D eigenvalue weighted by atomic mass is 35.5. The SMILES string of the molecule is CC(C)(N)c1ccc(OC(F)F)cc1.Cl. The van der Waals surface area contributed by atoms with Crippen molar-refractivity contribution < 1.29 is 13.5 Å². The normalized spacial score (nSPS) is 11.1. The van der Waals surface area contributed by atoms with Crippen molar-refractivity contribution in [3.8, 4) is 5.75 Å². The highest BCUT2D eigenvalue weighted by molar-refractivity contribution is 5.85. The van der Waals surface area contributed by atoms with E-state index in [9.17, 15) is 8.78 Å². The number of hydrogen-bond donors (Lipinski definition) is 1. The first-order valence-corrected chi connectivity index (χ1v) is 4.24. The zero-order chi connectivity index (χ0) is 10.8. The van der Waals surface area contributed by atoms with E-state index in [4.69, 9.17) is 5.73 Å². The van der Waals surface area contributed by atoms with Crippen LogP contribution in [-0.2, 0) is 5.54 Å². The molecule has 0 amide bonds. The minimum Gasteiger partial charge on any atom is -0.435 e. The smallest absolute Gasteiger partial charge is 0.387 e. The van der Waals surface area contributed by atoms with Gasteiger partial charge in [-0.3, -0.25) is 0 Å².